The number of hydrogen-bond donors (Lipinski definition) is 1. The maximum Gasteiger partial charge on any atom is 0.226 e. The summed E-state index contributed by atoms with van der Waals surface area (Å²) in [7, 11) is 0. The maximum absolute atomic E-state index is 13.0. The van der Waals surface area contributed by atoms with E-state index in [2.05, 4.69) is 10.3 Å². The number of pyridine rings is 1. The molecule has 0 aliphatic carbocycles. The van der Waals surface area contributed by atoms with Gasteiger partial charge in [0.25, 0.3) is 0 Å². The average Bonchev–Trinajstić information content (AvgIpc) is 2.68. The van der Waals surface area contributed by atoms with E-state index in [0.717, 1.165) is 24.1 Å². The number of carbonyl (C=O) groups is 2. The number of aromatic nitrogens is 1. The molecule has 1 saturated heterocycles. The quantitative estimate of drug-likeness (QED) is 0.882. The lowest BCUT2D eigenvalue weighted by molar-refractivity contribution is -0.132. The van der Waals surface area contributed by atoms with E-state index in [4.69, 9.17) is 0 Å². The molecule has 142 valence electrons. The highest BCUT2D eigenvalue weighted by Gasteiger charge is 2.30. The van der Waals surface area contributed by atoms with Gasteiger partial charge in [0.05, 0.1) is 18.2 Å². The number of amides is 2. The molecule has 27 heavy (non-hydrogen) atoms. The summed E-state index contributed by atoms with van der Waals surface area (Å²) in [5, 5.41) is 3.01. The highest BCUT2D eigenvalue weighted by Crippen LogP contribution is 2.30. The first-order chi connectivity index (χ1) is 13.0. The first kappa shape index (κ1) is 19.0. The molecule has 2 heterocycles. The van der Waals surface area contributed by atoms with Gasteiger partial charge < -0.3 is 10.2 Å². The fourth-order valence-electron chi connectivity index (χ4n) is 3.58. The van der Waals surface area contributed by atoms with Gasteiger partial charge in [0, 0.05) is 26.2 Å². The monoisotopic (exact) mass is 369 g/mol. The van der Waals surface area contributed by atoms with Gasteiger partial charge in [-0.2, -0.15) is 0 Å². The van der Waals surface area contributed by atoms with Crippen molar-refractivity contribution in [1.82, 2.24) is 15.2 Å². The van der Waals surface area contributed by atoms with E-state index in [9.17, 15) is 14.0 Å². The summed E-state index contributed by atoms with van der Waals surface area (Å²) in [5.41, 5.74) is 1.66. The molecule has 1 N–H and O–H groups in total. The van der Waals surface area contributed by atoms with Crippen LogP contribution in [-0.2, 0) is 16.0 Å². The van der Waals surface area contributed by atoms with E-state index in [0.29, 0.717) is 13.1 Å². The summed E-state index contributed by atoms with van der Waals surface area (Å²) in [6.45, 7) is 2.80. The lowest BCUT2D eigenvalue weighted by atomic mass is 9.87. The summed E-state index contributed by atoms with van der Waals surface area (Å²) in [4.78, 5) is 30.4. The minimum Gasteiger partial charge on any atom is -0.348 e. The molecule has 1 aromatic carbocycles. The van der Waals surface area contributed by atoms with Crippen molar-refractivity contribution >= 4 is 11.8 Å². The number of hydrogen-bond acceptors (Lipinski definition) is 3. The van der Waals surface area contributed by atoms with Crippen molar-refractivity contribution in [2.24, 2.45) is 5.92 Å². The van der Waals surface area contributed by atoms with Gasteiger partial charge in [-0.1, -0.05) is 18.2 Å². The van der Waals surface area contributed by atoms with E-state index in [-0.39, 0.29) is 36.0 Å². The average molecular weight is 369 g/mol. The number of halogens is 1. The second-order valence-corrected chi connectivity index (χ2v) is 6.95. The number of likely N-dealkylation sites (tertiary alicyclic amines) is 1. The summed E-state index contributed by atoms with van der Waals surface area (Å²) in [5.74, 6) is -0.0985. The standard InChI is InChI=1S/C21H24FN3O2/c1-15(26)24-21(19-4-2-3-11-23-19)17-9-12-25(13-10-17)20(27)14-16-5-7-18(22)8-6-16/h2-8,11,17,21H,9-10,12-14H2,1H3,(H,24,26). The van der Waals surface area contributed by atoms with Crippen LogP contribution in [0.15, 0.2) is 48.7 Å². The molecule has 0 bridgehead atoms. The fourth-order valence-corrected chi connectivity index (χ4v) is 3.58. The second-order valence-electron chi connectivity index (χ2n) is 6.95. The Kier molecular flexibility index (Phi) is 6.16. The number of piperidine rings is 1. The second kappa shape index (κ2) is 8.75. The van der Waals surface area contributed by atoms with Crippen LogP contribution in [0.25, 0.3) is 0 Å². The first-order valence-electron chi connectivity index (χ1n) is 9.23. The third-order valence-electron chi connectivity index (χ3n) is 5.00. The lowest BCUT2D eigenvalue weighted by Gasteiger charge is -2.36. The lowest BCUT2D eigenvalue weighted by Crippen LogP contribution is -2.43. The van der Waals surface area contributed by atoms with E-state index >= 15 is 0 Å². The first-order valence-corrected chi connectivity index (χ1v) is 9.23. The number of benzene rings is 1. The van der Waals surface area contributed by atoms with E-state index < -0.39 is 0 Å². The van der Waals surface area contributed by atoms with Crippen molar-refractivity contribution < 1.29 is 14.0 Å². The Morgan fingerprint density at radius 2 is 1.89 bits per heavy atom. The van der Waals surface area contributed by atoms with Gasteiger partial charge >= 0.3 is 0 Å². The Morgan fingerprint density at radius 3 is 2.48 bits per heavy atom. The molecule has 0 radical (unpaired) electrons. The largest absolute Gasteiger partial charge is 0.348 e. The van der Waals surface area contributed by atoms with Gasteiger partial charge in [-0.25, -0.2) is 4.39 Å². The van der Waals surface area contributed by atoms with E-state index in [1.165, 1.54) is 19.1 Å². The van der Waals surface area contributed by atoms with Crippen LogP contribution in [0.4, 0.5) is 4.39 Å². The third kappa shape index (κ3) is 5.12. The zero-order chi connectivity index (χ0) is 19.2. The predicted octanol–water partition coefficient (Wildman–Crippen LogP) is 2.88. The van der Waals surface area contributed by atoms with Crippen LogP contribution in [0.2, 0.25) is 0 Å². The zero-order valence-electron chi connectivity index (χ0n) is 15.4. The van der Waals surface area contributed by atoms with Crippen molar-refractivity contribution in [2.75, 3.05) is 13.1 Å². The summed E-state index contributed by atoms with van der Waals surface area (Å²) in [6.07, 6.45) is 3.61. The van der Waals surface area contributed by atoms with Crippen LogP contribution in [0.5, 0.6) is 0 Å². The molecule has 1 aliphatic rings. The Labute approximate surface area is 158 Å². The molecule has 2 amide bonds. The SMILES string of the molecule is CC(=O)NC(c1ccccn1)C1CCN(C(=O)Cc2ccc(F)cc2)CC1. The van der Waals surface area contributed by atoms with Crippen LogP contribution < -0.4 is 5.32 Å². The molecule has 1 aliphatic heterocycles. The third-order valence-corrected chi connectivity index (χ3v) is 5.00. The molecule has 2 aromatic rings. The topological polar surface area (TPSA) is 62.3 Å². The number of nitrogens with one attached hydrogen (secondary N) is 1. The Morgan fingerprint density at radius 1 is 1.19 bits per heavy atom. The van der Waals surface area contributed by atoms with E-state index in [1.807, 2.05) is 23.1 Å². The van der Waals surface area contributed by atoms with Crippen molar-refractivity contribution in [1.29, 1.82) is 0 Å². The summed E-state index contributed by atoms with van der Waals surface area (Å²) in [6, 6.07) is 11.6. The molecule has 3 rings (SSSR count). The van der Waals surface area contributed by atoms with Crippen LogP contribution in [-0.4, -0.2) is 34.8 Å². The van der Waals surface area contributed by atoms with Crippen molar-refractivity contribution in [3.8, 4) is 0 Å². The minimum atomic E-state index is -0.300. The summed E-state index contributed by atoms with van der Waals surface area (Å²) >= 11 is 0. The predicted molar refractivity (Wildman–Crippen MR) is 100 cm³/mol. The molecular weight excluding hydrogens is 345 g/mol. The van der Waals surface area contributed by atoms with Gasteiger partial charge in [0.2, 0.25) is 11.8 Å². The molecule has 5 nitrogen and oxygen atoms in total. The van der Waals surface area contributed by atoms with Crippen LogP contribution in [0.1, 0.15) is 37.1 Å². The van der Waals surface area contributed by atoms with Crippen molar-refractivity contribution in [3.05, 3.63) is 65.7 Å². The normalized spacial score (nSPS) is 16.0. The van der Waals surface area contributed by atoms with Gasteiger partial charge in [-0.05, 0) is 48.6 Å². The minimum absolute atomic E-state index is 0.0500. The molecule has 0 spiro atoms. The van der Waals surface area contributed by atoms with Crippen molar-refractivity contribution in [3.63, 3.8) is 0 Å². The van der Waals surface area contributed by atoms with Gasteiger partial charge in [0.15, 0.2) is 0 Å². The molecular formula is C21H24FN3O2. The molecule has 1 atom stereocenters. The van der Waals surface area contributed by atoms with E-state index in [1.54, 1.807) is 18.3 Å². The number of nitrogens with zero attached hydrogens (tertiary/aromatic N) is 2. The Bertz CT molecular complexity index is 772. The molecule has 1 unspecified atom stereocenters. The molecule has 1 aromatic heterocycles. The van der Waals surface area contributed by atoms with Gasteiger partial charge in [-0.3, -0.25) is 14.6 Å². The van der Waals surface area contributed by atoms with Crippen LogP contribution in [0.3, 0.4) is 0 Å². The molecule has 1 fully saturated rings. The molecule has 0 saturated carbocycles. The van der Waals surface area contributed by atoms with Gasteiger partial charge in [-0.15, -0.1) is 0 Å². The van der Waals surface area contributed by atoms with Crippen LogP contribution in [0, 0.1) is 11.7 Å². The number of rotatable bonds is 5. The smallest absolute Gasteiger partial charge is 0.226 e. The Hall–Kier alpha value is -2.76. The van der Waals surface area contributed by atoms with Gasteiger partial charge in [0.1, 0.15) is 5.82 Å². The molecule has 6 heteroatoms. The fraction of sp³-hybridized carbons (Fsp3) is 0.381. The zero-order valence-corrected chi connectivity index (χ0v) is 15.4. The maximum atomic E-state index is 13.0. The summed E-state index contributed by atoms with van der Waals surface area (Å²) < 4.78 is 13.0. The van der Waals surface area contributed by atoms with Crippen molar-refractivity contribution in [2.45, 2.75) is 32.2 Å². The highest BCUT2D eigenvalue weighted by molar-refractivity contribution is 5.78. The van der Waals surface area contributed by atoms with Crippen LogP contribution >= 0.6 is 0 Å². The Balaban J connectivity index is 1.60. The highest BCUT2D eigenvalue weighted by atomic mass is 19.1. The number of carbonyl (C=O) groups excluding carboxylic acids is 2.